The van der Waals surface area contributed by atoms with Gasteiger partial charge in [-0.1, -0.05) is 35.9 Å². The molecule has 1 saturated heterocycles. The Morgan fingerprint density at radius 1 is 1.08 bits per heavy atom. The number of rotatable bonds is 6. The van der Waals surface area contributed by atoms with Crippen LogP contribution in [0.4, 0.5) is 0 Å². The summed E-state index contributed by atoms with van der Waals surface area (Å²) in [6.07, 6.45) is 1.72. The van der Waals surface area contributed by atoms with Gasteiger partial charge in [0.15, 0.2) is 11.5 Å². The number of aromatic hydroxyl groups is 1. The van der Waals surface area contributed by atoms with E-state index in [1.165, 1.54) is 11.1 Å². The molecular weight excluding hydrogens is 326 g/mol. The van der Waals surface area contributed by atoms with Crippen molar-refractivity contribution in [3.8, 4) is 11.5 Å². The van der Waals surface area contributed by atoms with E-state index in [0.29, 0.717) is 17.9 Å². The predicted molar refractivity (Wildman–Crippen MR) is 105 cm³/mol. The molecule has 0 saturated carbocycles. The Balaban J connectivity index is 1.53. The number of piperazine rings is 1. The molecule has 5 heteroatoms. The van der Waals surface area contributed by atoms with Crippen LogP contribution in [-0.2, 0) is 6.54 Å². The zero-order chi connectivity index (χ0) is 18.4. The van der Waals surface area contributed by atoms with Crippen molar-refractivity contribution in [3.63, 3.8) is 0 Å². The van der Waals surface area contributed by atoms with Crippen LogP contribution in [0.25, 0.3) is 0 Å². The smallest absolute Gasteiger partial charge is 0.166 e. The van der Waals surface area contributed by atoms with Crippen molar-refractivity contribution in [1.82, 2.24) is 9.91 Å². The van der Waals surface area contributed by atoms with Gasteiger partial charge in [-0.2, -0.15) is 5.10 Å². The van der Waals surface area contributed by atoms with Gasteiger partial charge in [-0.25, -0.2) is 0 Å². The molecule has 0 amide bonds. The minimum absolute atomic E-state index is 0.149. The van der Waals surface area contributed by atoms with E-state index in [-0.39, 0.29) is 5.75 Å². The molecule has 0 unspecified atom stereocenters. The highest BCUT2D eigenvalue weighted by Crippen LogP contribution is 2.28. The highest BCUT2D eigenvalue weighted by atomic mass is 16.5. The third-order valence-electron chi connectivity index (χ3n) is 4.57. The fourth-order valence-corrected chi connectivity index (χ4v) is 3.02. The Hall–Kier alpha value is -2.53. The average Bonchev–Trinajstić information content (AvgIpc) is 2.66. The number of nitrogens with zero attached hydrogens (tertiary/aromatic N) is 3. The first-order valence-electron chi connectivity index (χ1n) is 9.17. The minimum atomic E-state index is 0.149. The third-order valence-corrected chi connectivity index (χ3v) is 4.57. The molecule has 1 N–H and O–H groups in total. The molecule has 1 aliphatic heterocycles. The fourth-order valence-electron chi connectivity index (χ4n) is 3.02. The lowest BCUT2D eigenvalue weighted by Gasteiger charge is -2.33. The highest BCUT2D eigenvalue weighted by molar-refractivity contribution is 5.84. The number of para-hydroxylation sites is 1. The molecule has 0 spiro atoms. The second kappa shape index (κ2) is 8.72. The molecular formula is C21H27N3O2. The van der Waals surface area contributed by atoms with Crippen LogP contribution in [0.15, 0.2) is 47.6 Å². The van der Waals surface area contributed by atoms with Crippen LogP contribution >= 0.6 is 0 Å². The van der Waals surface area contributed by atoms with Gasteiger partial charge in [-0.15, -0.1) is 0 Å². The Kier molecular flexibility index (Phi) is 6.12. The summed E-state index contributed by atoms with van der Waals surface area (Å²) in [4.78, 5) is 2.45. The van der Waals surface area contributed by atoms with Crippen LogP contribution in [0, 0.1) is 6.92 Å². The van der Waals surface area contributed by atoms with E-state index in [2.05, 4.69) is 46.2 Å². The fraction of sp³-hybridized carbons (Fsp3) is 0.381. The highest BCUT2D eigenvalue weighted by Gasteiger charge is 2.15. The molecule has 26 heavy (non-hydrogen) atoms. The first-order valence-corrected chi connectivity index (χ1v) is 9.17. The number of hydrogen-bond donors (Lipinski definition) is 1. The lowest BCUT2D eigenvalue weighted by Crippen LogP contribution is -2.43. The molecule has 0 aliphatic carbocycles. The van der Waals surface area contributed by atoms with Crippen molar-refractivity contribution in [1.29, 1.82) is 0 Å². The molecule has 0 radical (unpaired) electrons. The number of phenols is 1. The minimum Gasteiger partial charge on any atom is -0.504 e. The molecule has 1 aliphatic rings. The van der Waals surface area contributed by atoms with E-state index >= 15 is 0 Å². The summed E-state index contributed by atoms with van der Waals surface area (Å²) in [5, 5.41) is 16.8. The number of hydrazone groups is 1. The lowest BCUT2D eigenvalue weighted by molar-refractivity contribution is 0.131. The van der Waals surface area contributed by atoms with Gasteiger partial charge in [0.05, 0.1) is 12.8 Å². The van der Waals surface area contributed by atoms with Gasteiger partial charge in [-0.05, 0) is 31.5 Å². The molecule has 5 nitrogen and oxygen atoms in total. The lowest BCUT2D eigenvalue weighted by atomic mass is 10.1. The van der Waals surface area contributed by atoms with Crippen molar-refractivity contribution >= 4 is 6.21 Å². The quantitative estimate of drug-likeness (QED) is 0.810. The third kappa shape index (κ3) is 4.76. The van der Waals surface area contributed by atoms with Crippen LogP contribution in [0.1, 0.15) is 23.6 Å². The second-order valence-corrected chi connectivity index (χ2v) is 6.59. The summed E-state index contributed by atoms with van der Waals surface area (Å²) in [7, 11) is 0. The molecule has 1 heterocycles. The summed E-state index contributed by atoms with van der Waals surface area (Å²) in [6, 6.07) is 14.2. The first-order chi connectivity index (χ1) is 12.7. The van der Waals surface area contributed by atoms with Crippen LogP contribution in [0.5, 0.6) is 11.5 Å². The Bertz CT molecular complexity index is 735. The molecule has 0 atom stereocenters. The monoisotopic (exact) mass is 353 g/mol. The summed E-state index contributed by atoms with van der Waals surface area (Å²) in [5.74, 6) is 0.649. The van der Waals surface area contributed by atoms with Crippen molar-refractivity contribution in [2.45, 2.75) is 20.4 Å². The van der Waals surface area contributed by atoms with Crippen LogP contribution < -0.4 is 4.74 Å². The van der Waals surface area contributed by atoms with Crippen molar-refractivity contribution in [2.75, 3.05) is 32.8 Å². The number of ether oxygens (including phenoxy) is 1. The maximum atomic E-state index is 10.2. The zero-order valence-corrected chi connectivity index (χ0v) is 15.6. The van der Waals surface area contributed by atoms with Crippen molar-refractivity contribution in [2.24, 2.45) is 5.10 Å². The van der Waals surface area contributed by atoms with Gasteiger partial charge in [-0.3, -0.25) is 9.91 Å². The number of benzene rings is 2. The maximum Gasteiger partial charge on any atom is 0.166 e. The zero-order valence-electron chi connectivity index (χ0n) is 15.6. The Morgan fingerprint density at radius 2 is 1.81 bits per heavy atom. The topological polar surface area (TPSA) is 48.3 Å². The molecule has 2 aromatic rings. The van der Waals surface area contributed by atoms with Crippen LogP contribution in [0.2, 0.25) is 0 Å². The van der Waals surface area contributed by atoms with E-state index in [4.69, 9.17) is 4.74 Å². The predicted octanol–water partition coefficient (Wildman–Crippen LogP) is 3.25. The van der Waals surface area contributed by atoms with Gasteiger partial charge in [0.2, 0.25) is 0 Å². The van der Waals surface area contributed by atoms with E-state index in [1.807, 2.05) is 19.1 Å². The summed E-state index contributed by atoms with van der Waals surface area (Å²) in [5.41, 5.74) is 3.33. The van der Waals surface area contributed by atoms with Gasteiger partial charge in [0, 0.05) is 38.3 Å². The Morgan fingerprint density at radius 3 is 2.50 bits per heavy atom. The molecule has 0 bridgehead atoms. The van der Waals surface area contributed by atoms with E-state index in [1.54, 1.807) is 12.3 Å². The van der Waals surface area contributed by atoms with E-state index in [0.717, 1.165) is 32.7 Å². The largest absolute Gasteiger partial charge is 0.504 e. The average molecular weight is 353 g/mol. The normalized spacial score (nSPS) is 15.5. The SMILES string of the molecule is CCOc1cccc(/C=N/N2CCN(Cc3ccc(C)cc3)CC2)c1O. The standard InChI is InChI=1S/C21H27N3O2/c1-3-26-20-6-4-5-19(21(20)25)15-22-24-13-11-23(12-14-24)16-18-9-7-17(2)8-10-18/h4-10,15,25H,3,11-14,16H2,1-2H3/b22-15+. The number of phenolic OH excluding ortho intramolecular Hbond substituents is 1. The summed E-state index contributed by atoms with van der Waals surface area (Å²) in [6.45, 7) is 9.25. The van der Waals surface area contributed by atoms with E-state index < -0.39 is 0 Å². The maximum absolute atomic E-state index is 10.2. The summed E-state index contributed by atoms with van der Waals surface area (Å²) < 4.78 is 5.42. The molecule has 2 aromatic carbocycles. The van der Waals surface area contributed by atoms with Crippen LogP contribution in [0.3, 0.4) is 0 Å². The van der Waals surface area contributed by atoms with E-state index in [9.17, 15) is 5.11 Å². The molecule has 1 fully saturated rings. The van der Waals surface area contributed by atoms with Crippen molar-refractivity contribution < 1.29 is 9.84 Å². The van der Waals surface area contributed by atoms with Gasteiger partial charge in [0.25, 0.3) is 0 Å². The number of aryl methyl sites for hydroxylation is 1. The molecule has 0 aromatic heterocycles. The van der Waals surface area contributed by atoms with Gasteiger partial charge >= 0.3 is 0 Å². The molecule has 138 valence electrons. The number of hydrogen-bond acceptors (Lipinski definition) is 5. The Labute approximate surface area is 155 Å². The van der Waals surface area contributed by atoms with Gasteiger partial charge < -0.3 is 9.84 Å². The van der Waals surface area contributed by atoms with Crippen molar-refractivity contribution in [3.05, 3.63) is 59.2 Å². The summed E-state index contributed by atoms with van der Waals surface area (Å²) >= 11 is 0. The van der Waals surface area contributed by atoms with Crippen LogP contribution in [-0.4, -0.2) is 54.0 Å². The molecule has 3 rings (SSSR count). The van der Waals surface area contributed by atoms with Gasteiger partial charge in [0.1, 0.15) is 0 Å². The second-order valence-electron chi connectivity index (χ2n) is 6.59. The first kappa shape index (κ1) is 18.3.